The Kier molecular flexibility index (Phi) is 3.03. The van der Waals surface area contributed by atoms with E-state index >= 15 is 0 Å². The molecule has 0 spiro atoms. The van der Waals surface area contributed by atoms with Crippen LogP contribution in [0, 0.1) is 31.1 Å². The average molecular weight is 231 g/mol. The number of hydrogen-bond donors (Lipinski definition) is 1. The average Bonchev–Trinajstić information content (AvgIpc) is 2.58. The Morgan fingerprint density at radius 1 is 1.47 bits per heavy atom. The molecule has 2 atom stereocenters. The Hall–Kier alpha value is -1.60. The molecule has 1 aromatic heterocycles. The lowest BCUT2D eigenvalue weighted by molar-refractivity contribution is 0.157. The molecule has 1 N–H and O–H groups in total. The van der Waals surface area contributed by atoms with Crippen molar-refractivity contribution in [1.29, 1.82) is 5.26 Å². The molecule has 0 radical (unpaired) electrons. The highest BCUT2D eigenvalue weighted by Crippen LogP contribution is 2.27. The van der Waals surface area contributed by atoms with E-state index in [0.29, 0.717) is 17.9 Å². The number of pyridine rings is 1. The van der Waals surface area contributed by atoms with Gasteiger partial charge in [-0.25, -0.2) is 4.98 Å². The maximum absolute atomic E-state index is 9.78. The van der Waals surface area contributed by atoms with Gasteiger partial charge in [0.1, 0.15) is 11.9 Å². The van der Waals surface area contributed by atoms with Crippen LogP contribution in [-0.4, -0.2) is 29.3 Å². The van der Waals surface area contributed by atoms with Crippen LogP contribution < -0.4 is 4.90 Å². The van der Waals surface area contributed by atoms with Crippen molar-refractivity contribution in [3.05, 3.63) is 22.9 Å². The zero-order valence-corrected chi connectivity index (χ0v) is 10.4. The number of aryl methyl sites for hydroxylation is 2. The topological polar surface area (TPSA) is 60.2 Å². The van der Waals surface area contributed by atoms with Gasteiger partial charge in [-0.05, 0) is 25.5 Å². The molecule has 0 aromatic carbocycles. The molecule has 4 heteroatoms. The zero-order chi connectivity index (χ0) is 12.6. The van der Waals surface area contributed by atoms with E-state index in [1.165, 1.54) is 0 Å². The lowest BCUT2D eigenvalue weighted by Crippen LogP contribution is -2.23. The predicted octanol–water partition coefficient (Wildman–Crippen LogP) is 1.39. The highest BCUT2D eigenvalue weighted by atomic mass is 16.3. The van der Waals surface area contributed by atoms with Crippen LogP contribution in [0.3, 0.4) is 0 Å². The van der Waals surface area contributed by atoms with Crippen molar-refractivity contribution in [2.75, 3.05) is 18.0 Å². The molecule has 1 saturated heterocycles. The van der Waals surface area contributed by atoms with E-state index in [1.807, 2.05) is 31.7 Å². The number of aromatic nitrogens is 1. The van der Waals surface area contributed by atoms with Crippen molar-refractivity contribution in [2.24, 2.45) is 5.92 Å². The Morgan fingerprint density at radius 3 is 2.71 bits per heavy atom. The van der Waals surface area contributed by atoms with E-state index in [1.54, 1.807) is 0 Å². The highest BCUT2D eigenvalue weighted by molar-refractivity contribution is 5.58. The minimum atomic E-state index is -0.329. The van der Waals surface area contributed by atoms with Crippen molar-refractivity contribution in [3.63, 3.8) is 0 Å². The fourth-order valence-electron chi connectivity index (χ4n) is 2.31. The van der Waals surface area contributed by atoms with E-state index in [4.69, 9.17) is 0 Å². The van der Waals surface area contributed by atoms with Gasteiger partial charge in [-0.3, -0.25) is 0 Å². The van der Waals surface area contributed by atoms with Crippen LogP contribution in [0.25, 0.3) is 0 Å². The molecular formula is C13H17N3O. The molecule has 1 fully saturated rings. The van der Waals surface area contributed by atoms with Crippen molar-refractivity contribution < 1.29 is 5.11 Å². The molecule has 1 unspecified atom stereocenters. The number of aliphatic hydroxyl groups excluding tert-OH is 1. The lowest BCUT2D eigenvalue weighted by atomic mass is 10.1. The largest absolute Gasteiger partial charge is 0.391 e. The number of β-amino-alcohol motifs (C(OH)–C–C–N with tert-alkyl or cyclic N) is 1. The van der Waals surface area contributed by atoms with Crippen LogP contribution in [0.15, 0.2) is 6.07 Å². The second-order valence-corrected chi connectivity index (χ2v) is 4.84. The number of rotatable bonds is 1. The fourth-order valence-corrected chi connectivity index (χ4v) is 2.31. The van der Waals surface area contributed by atoms with E-state index in [0.717, 1.165) is 17.8 Å². The quantitative estimate of drug-likeness (QED) is 0.793. The fraction of sp³-hybridized carbons (Fsp3) is 0.538. The van der Waals surface area contributed by atoms with Crippen molar-refractivity contribution in [1.82, 2.24) is 4.98 Å². The van der Waals surface area contributed by atoms with Gasteiger partial charge >= 0.3 is 0 Å². The summed E-state index contributed by atoms with van der Waals surface area (Å²) >= 11 is 0. The SMILES string of the molecule is Cc1cc(C)c(C#N)c(N2CC(O)[C@H](C)C2)n1. The van der Waals surface area contributed by atoms with Crippen molar-refractivity contribution in [3.8, 4) is 6.07 Å². The zero-order valence-electron chi connectivity index (χ0n) is 10.4. The Labute approximate surface area is 102 Å². The predicted molar refractivity (Wildman–Crippen MR) is 65.8 cm³/mol. The summed E-state index contributed by atoms with van der Waals surface area (Å²) in [5.74, 6) is 0.942. The number of hydrogen-bond acceptors (Lipinski definition) is 4. The first-order valence-electron chi connectivity index (χ1n) is 5.84. The van der Waals surface area contributed by atoms with Crippen LogP contribution >= 0.6 is 0 Å². The molecule has 4 nitrogen and oxygen atoms in total. The molecule has 0 aliphatic carbocycles. The lowest BCUT2D eigenvalue weighted by Gasteiger charge is -2.19. The summed E-state index contributed by atoms with van der Waals surface area (Å²) in [5.41, 5.74) is 2.48. The third-order valence-corrected chi connectivity index (χ3v) is 3.31. The van der Waals surface area contributed by atoms with Crippen molar-refractivity contribution in [2.45, 2.75) is 26.9 Å². The highest BCUT2D eigenvalue weighted by Gasteiger charge is 2.30. The van der Waals surface area contributed by atoms with Crippen molar-refractivity contribution >= 4 is 5.82 Å². The maximum Gasteiger partial charge on any atom is 0.147 e. The van der Waals surface area contributed by atoms with Gasteiger partial charge in [0.05, 0.1) is 11.7 Å². The number of nitriles is 1. The first-order chi connectivity index (χ1) is 8.02. The number of nitrogens with zero attached hydrogens (tertiary/aromatic N) is 3. The standard InChI is InChI=1S/C13H17N3O/c1-8-4-10(3)15-13(11(8)5-14)16-6-9(2)12(17)7-16/h4,9,12,17H,6-7H2,1-3H3/t9-,12?/m1/s1. The minimum absolute atomic E-state index is 0.226. The number of aliphatic hydroxyl groups is 1. The first-order valence-corrected chi connectivity index (χ1v) is 5.84. The van der Waals surface area contributed by atoms with Gasteiger partial charge in [0.15, 0.2) is 0 Å². The van der Waals surface area contributed by atoms with E-state index in [2.05, 4.69) is 11.1 Å². The Balaban J connectivity index is 2.42. The third-order valence-electron chi connectivity index (χ3n) is 3.31. The Bertz CT molecular complexity index is 468. The normalized spacial score (nSPS) is 23.8. The van der Waals surface area contributed by atoms with Gasteiger partial charge in [0.2, 0.25) is 0 Å². The molecule has 2 heterocycles. The molecule has 1 aliphatic rings. The summed E-state index contributed by atoms with van der Waals surface area (Å²) < 4.78 is 0. The van der Waals surface area contributed by atoms with Gasteiger partial charge in [0.25, 0.3) is 0 Å². The van der Waals surface area contributed by atoms with Gasteiger partial charge in [-0.15, -0.1) is 0 Å². The van der Waals surface area contributed by atoms with Gasteiger partial charge in [0, 0.05) is 24.7 Å². The van der Waals surface area contributed by atoms with E-state index < -0.39 is 0 Å². The third kappa shape index (κ3) is 2.11. The van der Waals surface area contributed by atoms with Crippen LogP contribution in [0.5, 0.6) is 0 Å². The van der Waals surface area contributed by atoms with Crippen LogP contribution in [0.1, 0.15) is 23.7 Å². The Morgan fingerprint density at radius 2 is 2.18 bits per heavy atom. The molecule has 1 aromatic rings. The minimum Gasteiger partial charge on any atom is -0.391 e. The van der Waals surface area contributed by atoms with E-state index in [9.17, 15) is 10.4 Å². The van der Waals surface area contributed by atoms with Gasteiger partial charge < -0.3 is 10.0 Å². The monoisotopic (exact) mass is 231 g/mol. The summed E-state index contributed by atoms with van der Waals surface area (Å²) in [4.78, 5) is 6.46. The van der Waals surface area contributed by atoms with Crippen LogP contribution in [0.2, 0.25) is 0 Å². The summed E-state index contributed by atoms with van der Waals surface area (Å²) in [5, 5.41) is 19.0. The molecule has 0 bridgehead atoms. The van der Waals surface area contributed by atoms with Gasteiger partial charge in [-0.1, -0.05) is 6.92 Å². The first kappa shape index (κ1) is 11.9. The van der Waals surface area contributed by atoms with Gasteiger partial charge in [-0.2, -0.15) is 5.26 Å². The molecule has 17 heavy (non-hydrogen) atoms. The summed E-state index contributed by atoms with van der Waals surface area (Å²) in [6.07, 6.45) is -0.329. The second kappa shape index (κ2) is 4.34. The molecule has 90 valence electrons. The van der Waals surface area contributed by atoms with Crippen LogP contribution in [-0.2, 0) is 0 Å². The number of anilines is 1. The molecule has 0 saturated carbocycles. The molecule has 0 amide bonds. The second-order valence-electron chi connectivity index (χ2n) is 4.84. The molecular weight excluding hydrogens is 214 g/mol. The molecule has 1 aliphatic heterocycles. The smallest absolute Gasteiger partial charge is 0.147 e. The summed E-state index contributed by atoms with van der Waals surface area (Å²) in [6.45, 7) is 7.18. The maximum atomic E-state index is 9.78. The summed E-state index contributed by atoms with van der Waals surface area (Å²) in [6, 6.07) is 4.13. The molecule has 2 rings (SSSR count). The summed E-state index contributed by atoms with van der Waals surface area (Å²) in [7, 11) is 0. The van der Waals surface area contributed by atoms with E-state index in [-0.39, 0.29) is 12.0 Å². The van der Waals surface area contributed by atoms with Crippen LogP contribution in [0.4, 0.5) is 5.82 Å².